The number of nitrogens with zero attached hydrogens (tertiary/aromatic N) is 2. The average Bonchev–Trinajstić information content (AvgIpc) is 2.90. The van der Waals surface area contributed by atoms with Crippen molar-refractivity contribution >= 4 is 33.6 Å². The third kappa shape index (κ3) is 7.79. The number of aryl methyl sites for hydroxylation is 1. The lowest BCUT2D eigenvalue weighted by atomic mass is 10.1. The summed E-state index contributed by atoms with van der Waals surface area (Å²) in [5.41, 5.74) is 2.86. The van der Waals surface area contributed by atoms with E-state index in [1.807, 2.05) is 13.0 Å². The summed E-state index contributed by atoms with van der Waals surface area (Å²) in [6.07, 6.45) is 3.06. The van der Waals surface area contributed by atoms with Crippen LogP contribution in [0.5, 0.6) is 0 Å². The van der Waals surface area contributed by atoms with E-state index in [1.165, 1.54) is 6.08 Å². The quantitative estimate of drug-likeness (QED) is 0.522. The Labute approximate surface area is 189 Å². The Balaban J connectivity index is 2.05. The molecule has 0 fully saturated rings. The van der Waals surface area contributed by atoms with Crippen molar-refractivity contribution in [1.29, 1.82) is 0 Å². The molecule has 1 amide bonds. The summed E-state index contributed by atoms with van der Waals surface area (Å²) < 4.78 is 28.8. The summed E-state index contributed by atoms with van der Waals surface area (Å²) in [6.45, 7) is 10.5. The van der Waals surface area contributed by atoms with Gasteiger partial charge in [-0.2, -0.15) is 5.10 Å². The van der Waals surface area contributed by atoms with Crippen molar-refractivity contribution in [2.24, 2.45) is 5.92 Å². The van der Waals surface area contributed by atoms with Gasteiger partial charge < -0.3 is 5.32 Å². The lowest BCUT2D eigenvalue weighted by Gasteiger charge is -2.13. The second-order valence-electron chi connectivity index (χ2n) is 8.22. The first-order valence-electron chi connectivity index (χ1n) is 10.2. The molecule has 0 aliphatic rings. The molecule has 0 aliphatic carbocycles. The van der Waals surface area contributed by atoms with E-state index in [9.17, 15) is 13.2 Å². The topological polar surface area (TPSA) is 93.1 Å². The van der Waals surface area contributed by atoms with Crippen molar-refractivity contribution in [3.05, 3.63) is 57.9 Å². The minimum Gasteiger partial charge on any atom is -0.348 e. The van der Waals surface area contributed by atoms with Crippen LogP contribution in [0.2, 0.25) is 5.15 Å². The Morgan fingerprint density at radius 3 is 2.45 bits per heavy atom. The molecule has 170 valence electrons. The van der Waals surface area contributed by atoms with Crippen LogP contribution in [0.3, 0.4) is 0 Å². The van der Waals surface area contributed by atoms with Crippen LogP contribution in [-0.2, 0) is 33.7 Å². The van der Waals surface area contributed by atoms with Crippen LogP contribution in [0.15, 0.2) is 30.3 Å². The van der Waals surface area contributed by atoms with Gasteiger partial charge in [-0.15, -0.1) is 0 Å². The van der Waals surface area contributed by atoms with E-state index in [1.54, 1.807) is 42.8 Å². The van der Waals surface area contributed by atoms with Crippen LogP contribution >= 0.6 is 11.6 Å². The zero-order chi connectivity index (χ0) is 23.2. The smallest absolute Gasteiger partial charge is 0.244 e. The molecule has 1 aromatic heterocycles. The Hall–Kier alpha value is -2.16. The largest absolute Gasteiger partial charge is 0.348 e. The van der Waals surface area contributed by atoms with Gasteiger partial charge in [0.2, 0.25) is 15.9 Å². The minimum atomic E-state index is -3.46. The van der Waals surface area contributed by atoms with E-state index in [4.69, 9.17) is 11.6 Å². The van der Waals surface area contributed by atoms with Crippen LogP contribution in [0, 0.1) is 12.8 Å². The summed E-state index contributed by atoms with van der Waals surface area (Å²) in [5, 5.41) is 7.73. The van der Waals surface area contributed by atoms with Crippen LogP contribution in [0.4, 0.5) is 0 Å². The molecule has 2 N–H and O–H groups in total. The molecule has 31 heavy (non-hydrogen) atoms. The molecule has 0 aliphatic heterocycles. The third-order valence-corrected chi connectivity index (χ3v) is 6.30. The van der Waals surface area contributed by atoms with Crippen molar-refractivity contribution in [2.45, 2.75) is 59.5 Å². The van der Waals surface area contributed by atoms with Crippen molar-refractivity contribution in [3.8, 4) is 0 Å². The highest BCUT2D eigenvalue weighted by atomic mass is 35.5. The molecule has 0 bridgehead atoms. The average molecular weight is 467 g/mol. The standard InChI is InChI=1S/C22H31ClN4O3S/c1-15(2)13-27-22(23)20(17(5)25-27)10-11-21(28)24-12-18-8-6-7-9-19(18)14-31(29,30)26-16(3)4/h6-11,15-16,26H,12-14H2,1-5H3,(H,24,28)/b11-10+. The summed E-state index contributed by atoms with van der Waals surface area (Å²) in [7, 11) is -3.46. The highest BCUT2D eigenvalue weighted by molar-refractivity contribution is 7.88. The molecule has 0 saturated heterocycles. The number of benzene rings is 1. The summed E-state index contributed by atoms with van der Waals surface area (Å²) >= 11 is 6.40. The summed E-state index contributed by atoms with van der Waals surface area (Å²) in [6, 6.07) is 6.98. The molecule has 2 rings (SSSR count). The molecule has 9 heteroatoms. The molecule has 2 aromatic rings. The fourth-order valence-corrected chi connectivity index (χ4v) is 4.90. The van der Waals surface area contributed by atoms with Crippen molar-refractivity contribution in [2.75, 3.05) is 0 Å². The highest BCUT2D eigenvalue weighted by Gasteiger charge is 2.16. The fraction of sp³-hybridized carbons (Fsp3) is 0.455. The lowest BCUT2D eigenvalue weighted by Crippen LogP contribution is -2.31. The monoisotopic (exact) mass is 466 g/mol. The minimum absolute atomic E-state index is 0.142. The Morgan fingerprint density at radius 1 is 1.19 bits per heavy atom. The van der Waals surface area contributed by atoms with Gasteiger partial charge in [0.15, 0.2) is 0 Å². The van der Waals surface area contributed by atoms with E-state index < -0.39 is 10.0 Å². The predicted octanol–water partition coefficient (Wildman–Crippen LogP) is 3.66. The first kappa shape index (κ1) is 25.1. The Bertz CT molecular complexity index is 1040. The van der Waals surface area contributed by atoms with Gasteiger partial charge in [0.1, 0.15) is 5.15 Å². The SMILES string of the molecule is Cc1nn(CC(C)C)c(Cl)c1/C=C/C(=O)NCc1ccccc1CS(=O)(=O)NC(C)C. The van der Waals surface area contributed by atoms with E-state index >= 15 is 0 Å². The van der Waals surface area contributed by atoms with Crippen LogP contribution in [0.25, 0.3) is 6.08 Å². The van der Waals surface area contributed by atoms with E-state index in [-0.39, 0.29) is 24.2 Å². The van der Waals surface area contributed by atoms with Gasteiger partial charge in [-0.3, -0.25) is 9.48 Å². The molecule has 0 atom stereocenters. The van der Waals surface area contributed by atoms with Crippen LogP contribution < -0.4 is 10.0 Å². The number of aromatic nitrogens is 2. The number of sulfonamides is 1. The van der Waals surface area contributed by atoms with Crippen molar-refractivity contribution < 1.29 is 13.2 Å². The maximum atomic E-state index is 12.3. The lowest BCUT2D eigenvalue weighted by molar-refractivity contribution is -0.116. The Kier molecular flexibility index (Phi) is 8.85. The molecular weight excluding hydrogens is 436 g/mol. The van der Waals surface area contributed by atoms with Gasteiger partial charge in [0, 0.05) is 30.8 Å². The number of hydrogen-bond acceptors (Lipinski definition) is 4. The number of hydrogen-bond donors (Lipinski definition) is 2. The second-order valence-corrected chi connectivity index (χ2v) is 10.3. The number of nitrogens with one attached hydrogen (secondary N) is 2. The van der Waals surface area contributed by atoms with Crippen LogP contribution in [0.1, 0.15) is 50.1 Å². The number of amides is 1. The number of halogens is 1. The van der Waals surface area contributed by atoms with E-state index in [0.29, 0.717) is 28.7 Å². The fourth-order valence-electron chi connectivity index (χ4n) is 3.10. The first-order chi connectivity index (χ1) is 14.5. The van der Waals surface area contributed by atoms with E-state index in [0.717, 1.165) is 11.3 Å². The second kappa shape index (κ2) is 10.9. The number of rotatable bonds is 10. The molecule has 1 heterocycles. The molecule has 0 unspecified atom stereocenters. The number of carbonyl (C=O) groups excluding carboxylic acids is 1. The van der Waals surface area contributed by atoms with E-state index in [2.05, 4.69) is 29.0 Å². The van der Waals surface area contributed by atoms with Gasteiger partial charge in [-0.25, -0.2) is 13.1 Å². The van der Waals surface area contributed by atoms with Crippen molar-refractivity contribution in [1.82, 2.24) is 19.8 Å². The zero-order valence-electron chi connectivity index (χ0n) is 18.6. The molecular formula is C22H31ClN4O3S. The molecule has 0 radical (unpaired) electrons. The number of carbonyl (C=O) groups is 1. The normalized spacial score (nSPS) is 12.3. The maximum absolute atomic E-state index is 12.3. The molecule has 0 spiro atoms. The summed E-state index contributed by atoms with van der Waals surface area (Å²) in [5.74, 6) is -0.0433. The van der Waals surface area contributed by atoms with Gasteiger partial charge >= 0.3 is 0 Å². The summed E-state index contributed by atoms with van der Waals surface area (Å²) in [4.78, 5) is 12.3. The maximum Gasteiger partial charge on any atom is 0.244 e. The first-order valence-corrected chi connectivity index (χ1v) is 12.3. The van der Waals surface area contributed by atoms with Crippen molar-refractivity contribution in [3.63, 3.8) is 0 Å². The zero-order valence-corrected chi connectivity index (χ0v) is 20.2. The van der Waals surface area contributed by atoms with Gasteiger partial charge in [-0.05, 0) is 43.9 Å². The third-order valence-electron chi connectivity index (χ3n) is 4.38. The van der Waals surface area contributed by atoms with Gasteiger partial charge in [0.25, 0.3) is 0 Å². The Morgan fingerprint density at radius 2 is 1.84 bits per heavy atom. The molecule has 7 nitrogen and oxygen atoms in total. The van der Waals surface area contributed by atoms with Crippen LogP contribution in [-0.4, -0.2) is 30.1 Å². The molecule has 0 saturated carbocycles. The van der Waals surface area contributed by atoms with Gasteiger partial charge in [-0.1, -0.05) is 49.7 Å². The predicted molar refractivity (Wildman–Crippen MR) is 125 cm³/mol. The van der Waals surface area contributed by atoms with Gasteiger partial charge in [0.05, 0.1) is 11.4 Å². The highest BCUT2D eigenvalue weighted by Crippen LogP contribution is 2.22. The molecule has 1 aromatic carbocycles.